The fourth-order valence-electron chi connectivity index (χ4n) is 2.74. The van der Waals surface area contributed by atoms with Gasteiger partial charge in [-0.1, -0.05) is 18.2 Å². The van der Waals surface area contributed by atoms with Crippen LogP contribution in [-0.4, -0.2) is 23.2 Å². The molecule has 3 aromatic rings. The maximum Gasteiger partial charge on any atom is 0.307 e. The highest BCUT2D eigenvalue weighted by atomic mass is 35.5. The number of aromatic nitrogens is 1. The molecule has 0 fully saturated rings. The first-order valence-electron chi connectivity index (χ1n) is 7.34. The van der Waals surface area contributed by atoms with Gasteiger partial charge in [-0.15, -0.1) is 12.4 Å². The van der Waals surface area contributed by atoms with Crippen molar-refractivity contribution in [2.24, 2.45) is 0 Å². The number of benzene rings is 2. The van der Waals surface area contributed by atoms with Crippen LogP contribution in [0.25, 0.3) is 22.2 Å². The van der Waals surface area contributed by atoms with Gasteiger partial charge in [0.05, 0.1) is 24.7 Å². The van der Waals surface area contributed by atoms with Crippen molar-refractivity contribution in [1.29, 1.82) is 0 Å². The summed E-state index contributed by atoms with van der Waals surface area (Å²) in [5.41, 5.74) is 4.43. The van der Waals surface area contributed by atoms with E-state index in [1.807, 2.05) is 42.5 Å². The smallest absolute Gasteiger partial charge is 0.307 e. The largest absolute Gasteiger partial charge is 0.496 e. The van der Waals surface area contributed by atoms with E-state index >= 15 is 0 Å². The Labute approximate surface area is 146 Å². The van der Waals surface area contributed by atoms with Crippen molar-refractivity contribution in [2.75, 3.05) is 7.11 Å². The van der Waals surface area contributed by atoms with Crippen LogP contribution >= 0.6 is 12.4 Å². The number of hydrogen-bond acceptors (Lipinski definition) is 3. The van der Waals surface area contributed by atoms with Gasteiger partial charge in [-0.25, -0.2) is 4.98 Å². The minimum atomic E-state index is -0.886. The lowest BCUT2D eigenvalue weighted by Crippen LogP contribution is -2.02. The summed E-state index contributed by atoms with van der Waals surface area (Å²) in [5.74, 6) is -0.309. The van der Waals surface area contributed by atoms with Gasteiger partial charge in [0.1, 0.15) is 5.75 Å². The molecule has 3 rings (SSSR count). The van der Waals surface area contributed by atoms with E-state index in [1.165, 1.54) is 0 Å². The van der Waals surface area contributed by atoms with Crippen LogP contribution in [0.2, 0.25) is 0 Å². The molecular formula is C19H18ClNO3. The van der Waals surface area contributed by atoms with Gasteiger partial charge in [-0.2, -0.15) is 0 Å². The van der Waals surface area contributed by atoms with Crippen molar-refractivity contribution in [3.05, 3.63) is 59.7 Å². The first-order valence-corrected chi connectivity index (χ1v) is 7.34. The highest BCUT2D eigenvalue weighted by molar-refractivity contribution is 5.85. The number of methoxy groups -OCH3 is 1. The number of aliphatic carboxylic acids is 1. The van der Waals surface area contributed by atoms with Gasteiger partial charge in [0.15, 0.2) is 0 Å². The molecule has 24 heavy (non-hydrogen) atoms. The molecule has 124 valence electrons. The number of carbonyl (C=O) groups is 1. The van der Waals surface area contributed by atoms with Crippen LogP contribution in [0.3, 0.4) is 0 Å². The second-order valence-electron chi connectivity index (χ2n) is 5.44. The van der Waals surface area contributed by atoms with E-state index in [2.05, 4.69) is 6.92 Å². The summed E-state index contributed by atoms with van der Waals surface area (Å²) in [6.07, 6.45) is -0.0798. The molecule has 0 saturated carbocycles. The normalized spacial score (nSPS) is 10.2. The molecule has 0 bridgehead atoms. The molecule has 0 spiro atoms. The van der Waals surface area contributed by atoms with Crippen molar-refractivity contribution in [3.63, 3.8) is 0 Å². The Bertz CT molecular complexity index is 893. The van der Waals surface area contributed by atoms with Gasteiger partial charge in [0.25, 0.3) is 0 Å². The van der Waals surface area contributed by atoms with E-state index in [1.54, 1.807) is 13.2 Å². The highest BCUT2D eigenvalue weighted by Crippen LogP contribution is 2.28. The number of hydrogen-bond donors (Lipinski definition) is 1. The van der Waals surface area contributed by atoms with Crippen molar-refractivity contribution in [2.45, 2.75) is 13.3 Å². The van der Waals surface area contributed by atoms with Gasteiger partial charge in [0.2, 0.25) is 0 Å². The Morgan fingerprint density at radius 3 is 2.62 bits per heavy atom. The second-order valence-corrected chi connectivity index (χ2v) is 5.44. The predicted molar refractivity (Wildman–Crippen MR) is 97.1 cm³/mol. The fourth-order valence-corrected chi connectivity index (χ4v) is 2.74. The Morgan fingerprint density at radius 2 is 1.92 bits per heavy atom. The Hall–Kier alpha value is -2.59. The molecule has 0 radical (unpaired) electrons. The fraction of sp³-hybridized carbons (Fsp3) is 0.158. The Balaban J connectivity index is 0.00000208. The van der Waals surface area contributed by atoms with Crippen molar-refractivity contribution in [1.82, 2.24) is 4.98 Å². The Morgan fingerprint density at radius 1 is 1.17 bits per heavy atom. The van der Waals surface area contributed by atoms with E-state index in [-0.39, 0.29) is 18.8 Å². The van der Waals surface area contributed by atoms with E-state index in [0.29, 0.717) is 11.3 Å². The maximum absolute atomic E-state index is 11.0. The topological polar surface area (TPSA) is 59.4 Å². The first kappa shape index (κ1) is 17.8. The average Bonchev–Trinajstić information content (AvgIpc) is 2.54. The first-order chi connectivity index (χ1) is 11.1. The number of aryl methyl sites for hydroxylation is 1. The molecule has 0 saturated heterocycles. The molecule has 0 atom stereocenters. The lowest BCUT2D eigenvalue weighted by atomic mass is 10.0. The van der Waals surface area contributed by atoms with Gasteiger partial charge in [-0.05, 0) is 42.8 Å². The summed E-state index contributed by atoms with van der Waals surface area (Å²) in [6.45, 7) is 2.05. The molecule has 1 aromatic heterocycles. The zero-order valence-electron chi connectivity index (χ0n) is 13.4. The zero-order valence-corrected chi connectivity index (χ0v) is 14.3. The minimum Gasteiger partial charge on any atom is -0.496 e. The van der Waals surface area contributed by atoms with Crippen LogP contribution in [0, 0.1) is 6.92 Å². The quantitative estimate of drug-likeness (QED) is 0.768. The highest BCUT2D eigenvalue weighted by Gasteiger charge is 2.11. The molecule has 0 amide bonds. The monoisotopic (exact) mass is 343 g/mol. The zero-order chi connectivity index (χ0) is 16.4. The minimum absolute atomic E-state index is 0. The third kappa shape index (κ3) is 3.49. The number of halogens is 1. The molecule has 2 aromatic carbocycles. The summed E-state index contributed by atoms with van der Waals surface area (Å²) in [5, 5.41) is 10.2. The molecule has 0 aliphatic rings. The predicted octanol–water partition coefficient (Wildman–Crippen LogP) is 4.27. The number of fused-ring (bicyclic) bond motifs is 1. The summed E-state index contributed by atoms with van der Waals surface area (Å²) < 4.78 is 5.25. The van der Waals surface area contributed by atoms with E-state index in [9.17, 15) is 4.79 Å². The molecule has 0 aliphatic heterocycles. The number of rotatable bonds is 4. The molecule has 5 heteroatoms. The molecule has 0 unspecified atom stereocenters. The number of para-hydroxylation sites is 1. The van der Waals surface area contributed by atoms with E-state index in [4.69, 9.17) is 14.8 Å². The number of ether oxygens (including phenoxy) is 1. The van der Waals surface area contributed by atoms with Crippen LogP contribution in [0.5, 0.6) is 5.75 Å². The molecular weight excluding hydrogens is 326 g/mol. The lowest BCUT2D eigenvalue weighted by Gasteiger charge is -2.11. The standard InChI is InChI=1S/C19H17NO3.ClH/c1-12-9-17(20-16-6-4-3-5-15(12)16)13-7-8-18(23-2)14(10-13)11-19(21)22;/h3-10H,11H2,1-2H3,(H,21,22);1H. The van der Waals surface area contributed by atoms with E-state index < -0.39 is 5.97 Å². The number of pyridine rings is 1. The number of carboxylic acid groups (broad SMARTS) is 1. The number of nitrogens with zero attached hydrogens (tertiary/aromatic N) is 1. The lowest BCUT2D eigenvalue weighted by molar-refractivity contribution is -0.136. The summed E-state index contributed by atoms with van der Waals surface area (Å²) in [4.78, 5) is 15.7. The molecule has 1 heterocycles. The van der Waals surface area contributed by atoms with Crippen molar-refractivity contribution >= 4 is 29.3 Å². The van der Waals surface area contributed by atoms with Crippen molar-refractivity contribution < 1.29 is 14.6 Å². The van der Waals surface area contributed by atoms with E-state index in [0.717, 1.165) is 27.7 Å². The summed E-state index contributed by atoms with van der Waals surface area (Å²) in [6, 6.07) is 15.5. The molecule has 0 aliphatic carbocycles. The van der Waals surface area contributed by atoms with Gasteiger partial charge in [-0.3, -0.25) is 4.79 Å². The van der Waals surface area contributed by atoms with Gasteiger partial charge in [0, 0.05) is 16.5 Å². The SMILES string of the molecule is COc1ccc(-c2cc(C)c3ccccc3n2)cc1CC(=O)O.Cl. The summed E-state index contributed by atoms with van der Waals surface area (Å²) in [7, 11) is 1.54. The second kappa shape index (κ2) is 7.32. The van der Waals surface area contributed by atoms with Crippen LogP contribution < -0.4 is 4.74 Å². The van der Waals surface area contributed by atoms with Crippen LogP contribution in [0.1, 0.15) is 11.1 Å². The van der Waals surface area contributed by atoms with Gasteiger partial charge >= 0.3 is 5.97 Å². The Kier molecular flexibility index (Phi) is 5.42. The molecule has 4 nitrogen and oxygen atoms in total. The third-order valence-electron chi connectivity index (χ3n) is 3.84. The average molecular weight is 344 g/mol. The third-order valence-corrected chi connectivity index (χ3v) is 3.84. The van der Waals surface area contributed by atoms with Crippen LogP contribution in [0.4, 0.5) is 0 Å². The number of carboxylic acids is 1. The van der Waals surface area contributed by atoms with Crippen LogP contribution in [-0.2, 0) is 11.2 Å². The molecule has 1 N–H and O–H groups in total. The van der Waals surface area contributed by atoms with Gasteiger partial charge < -0.3 is 9.84 Å². The van der Waals surface area contributed by atoms with Crippen LogP contribution in [0.15, 0.2) is 48.5 Å². The maximum atomic E-state index is 11.0. The van der Waals surface area contributed by atoms with Crippen molar-refractivity contribution in [3.8, 4) is 17.0 Å². The summed E-state index contributed by atoms with van der Waals surface area (Å²) >= 11 is 0.